The molecule has 0 bridgehead atoms. The van der Waals surface area contributed by atoms with Gasteiger partial charge in [-0.15, -0.1) is 11.3 Å². The molecular formula is C13H10ClF3N2O2S. The van der Waals surface area contributed by atoms with E-state index in [2.05, 4.69) is 10.3 Å². The van der Waals surface area contributed by atoms with E-state index in [0.29, 0.717) is 21.9 Å². The minimum absolute atomic E-state index is 0.232. The molecule has 4 nitrogen and oxygen atoms in total. The van der Waals surface area contributed by atoms with Crippen molar-refractivity contribution >= 4 is 34.5 Å². The number of aromatic nitrogens is 1. The summed E-state index contributed by atoms with van der Waals surface area (Å²) in [4.78, 5) is 14.8. The highest BCUT2D eigenvalue weighted by Gasteiger charge is 2.38. The number of rotatable bonds is 3. The van der Waals surface area contributed by atoms with E-state index in [1.54, 1.807) is 6.92 Å². The molecule has 9 heteroatoms. The Balaban J connectivity index is 2.34. The summed E-state index contributed by atoms with van der Waals surface area (Å²) in [5.41, 5.74) is 0.649. The van der Waals surface area contributed by atoms with Gasteiger partial charge in [0.05, 0.1) is 18.3 Å². The number of benzene rings is 1. The van der Waals surface area contributed by atoms with E-state index >= 15 is 0 Å². The summed E-state index contributed by atoms with van der Waals surface area (Å²) in [6, 6.07) is 3.00. The maximum atomic E-state index is 12.8. The quantitative estimate of drug-likeness (QED) is 0.893. The van der Waals surface area contributed by atoms with Crippen LogP contribution in [0.2, 0.25) is 5.02 Å². The summed E-state index contributed by atoms with van der Waals surface area (Å²) >= 11 is 6.55. The Hall–Kier alpha value is -1.80. The average Bonchev–Trinajstić information content (AvgIpc) is 2.92. The van der Waals surface area contributed by atoms with Crippen molar-refractivity contribution < 1.29 is 22.7 Å². The van der Waals surface area contributed by atoms with Crippen molar-refractivity contribution in [1.29, 1.82) is 0 Å². The van der Waals surface area contributed by atoms with Crippen molar-refractivity contribution in [1.82, 2.24) is 4.98 Å². The first-order valence-corrected chi connectivity index (χ1v) is 7.16. The number of methoxy groups -OCH3 is 1. The van der Waals surface area contributed by atoms with Gasteiger partial charge in [0.1, 0.15) is 10.6 Å². The van der Waals surface area contributed by atoms with E-state index in [-0.39, 0.29) is 11.4 Å². The van der Waals surface area contributed by atoms with Crippen LogP contribution in [0.4, 0.5) is 18.9 Å². The number of halogens is 4. The van der Waals surface area contributed by atoms with Crippen LogP contribution >= 0.6 is 22.9 Å². The predicted molar refractivity (Wildman–Crippen MR) is 77.8 cm³/mol. The number of thiazole rings is 1. The van der Waals surface area contributed by atoms with Gasteiger partial charge in [-0.1, -0.05) is 11.6 Å². The number of hydrogen-bond donors (Lipinski definition) is 1. The van der Waals surface area contributed by atoms with Gasteiger partial charge >= 0.3 is 6.18 Å². The molecule has 1 aromatic carbocycles. The maximum absolute atomic E-state index is 12.8. The lowest BCUT2D eigenvalue weighted by Gasteiger charge is -2.12. The summed E-state index contributed by atoms with van der Waals surface area (Å²) in [7, 11) is 1.37. The van der Waals surface area contributed by atoms with E-state index in [1.165, 1.54) is 19.2 Å². The fraction of sp³-hybridized carbons (Fsp3) is 0.231. The number of carbonyl (C=O) groups is 1. The predicted octanol–water partition coefficient (Wildman–Crippen LogP) is 4.38. The highest BCUT2D eigenvalue weighted by atomic mass is 35.5. The van der Waals surface area contributed by atoms with Gasteiger partial charge in [0.25, 0.3) is 5.91 Å². The monoisotopic (exact) mass is 350 g/mol. The van der Waals surface area contributed by atoms with Crippen molar-refractivity contribution in [2.24, 2.45) is 0 Å². The topological polar surface area (TPSA) is 51.2 Å². The van der Waals surface area contributed by atoms with E-state index < -0.39 is 22.7 Å². The number of nitrogens with zero attached hydrogens (tertiary/aromatic N) is 1. The average molecular weight is 351 g/mol. The van der Waals surface area contributed by atoms with Crippen molar-refractivity contribution in [2.45, 2.75) is 13.1 Å². The van der Waals surface area contributed by atoms with Gasteiger partial charge in [0.15, 0.2) is 5.69 Å². The number of anilines is 1. The number of hydrogen-bond acceptors (Lipinski definition) is 4. The fourth-order valence-corrected chi connectivity index (χ4v) is 2.57. The SMILES string of the molecule is COc1cc(Cl)c(C)cc1NC(=O)c1scnc1C(F)(F)F. The zero-order valence-electron chi connectivity index (χ0n) is 11.4. The largest absolute Gasteiger partial charge is 0.495 e. The molecule has 1 aromatic heterocycles. The minimum Gasteiger partial charge on any atom is -0.495 e. The van der Waals surface area contributed by atoms with Crippen molar-refractivity contribution in [2.75, 3.05) is 12.4 Å². The molecule has 0 unspecified atom stereocenters. The molecule has 0 aliphatic heterocycles. The molecule has 2 rings (SSSR count). The van der Waals surface area contributed by atoms with Gasteiger partial charge in [0, 0.05) is 11.1 Å². The van der Waals surface area contributed by atoms with E-state index in [1.807, 2.05) is 0 Å². The highest BCUT2D eigenvalue weighted by Crippen LogP contribution is 2.35. The first-order chi connectivity index (χ1) is 10.2. The summed E-state index contributed by atoms with van der Waals surface area (Å²) in [6.07, 6.45) is -4.69. The molecular weight excluding hydrogens is 341 g/mol. The molecule has 1 amide bonds. The second-order valence-corrected chi connectivity index (χ2v) is 5.55. The summed E-state index contributed by atoms with van der Waals surface area (Å²) in [5.74, 6) is -0.656. The van der Waals surface area contributed by atoms with Crippen LogP contribution in [0.25, 0.3) is 0 Å². The molecule has 0 saturated heterocycles. The Kier molecular flexibility index (Phi) is 4.62. The molecule has 0 fully saturated rings. The third kappa shape index (κ3) is 3.33. The minimum atomic E-state index is -4.69. The maximum Gasteiger partial charge on any atom is 0.434 e. The summed E-state index contributed by atoms with van der Waals surface area (Å²) in [5, 5.41) is 2.81. The lowest BCUT2D eigenvalue weighted by Crippen LogP contribution is -2.17. The summed E-state index contributed by atoms with van der Waals surface area (Å²) in [6.45, 7) is 1.70. The Morgan fingerprint density at radius 2 is 2.09 bits per heavy atom. The second kappa shape index (κ2) is 6.13. The van der Waals surface area contributed by atoms with E-state index in [4.69, 9.17) is 16.3 Å². The molecule has 22 heavy (non-hydrogen) atoms. The van der Waals surface area contributed by atoms with Crippen molar-refractivity contribution in [3.05, 3.63) is 38.8 Å². The molecule has 0 radical (unpaired) electrons. The summed E-state index contributed by atoms with van der Waals surface area (Å²) < 4.78 is 43.4. The van der Waals surface area contributed by atoms with Gasteiger partial charge in [-0.2, -0.15) is 13.2 Å². The van der Waals surface area contributed by atoms with Gasteiger partial charge in [-0.05, 0) is 18.6 Å². The van der Waals surface area contributed by atoms with Gasteiger partial charge in [-0.25, -0.2) is 4.98 Å². The number of aryl methyl sites for hydroxylation is 1. The molecule has 0 saturated carbocycles. The number of carbonyl (C=O) groups excluding carboxylic acids is 1. The number of ether oxygens (including phenoxy) is 1. The van der Waals surface area contributed by atoms with Crippen LogP contribution in [0.1, 0.15) is 20.9 Å². The Labute approximate surface area is 132 Å². The smallest absolute Gasteiger partial charge is 0.434 e. The Bertz CT molecular complexity index is 716. The van der Waals surface area contributed by atoms with Crippen LogP contribution in [-0.4, -0.2) is 18.0 Å². The lowest BCUT2D eigenvalue weighted by molar-refractivity contribution is -0.141. The van der Waals surface area contributed by atoms with Gasteiger partial charge in [0.2, 0.25) is 0 Å². The van der Waals surface area contributed by atoms with Crippen LogP contribution in [-0.2, 0) is 6.18 Å². The lowest BCUT2D eigenvalue weighted by atomic mass is 10.2. The van der Waals surface area contributed by atoms with Gasteiger partial charge in [-0.3, -0.25) is 4.79 Å². The van der Waals surface area contributed by atoms with E-state index in [0.717, 1.165) is 5.51 Å². The fourth-order valence-electron chi connectivity index (χ4n) is 1.72. The van der Waals surface area contributed by atoms with Crippen LogP contribution < -0.4 is 10.1 Å². The highest BCUT2D eigenvalue weighted by molar-refractivity contribution is 7.12. The molecule has 1 N–H and O–H groups in total. The van der Waals surface area contributed by atoms with E-state index in [9.17, 15) is 18.0 Å². The van der Waals surface area contributed by atoms with Crippen molar-refractivity contribution in [3.8, 4) is 5.75 Å². The molecule has 0 aliphatic carbocycles. The number of amides is 1. The molecule has 0 atom stereocenters. The molecule has 1 heterocycles. The number of nitrogens with one attached hydrogen (secondary N) is 1. The third-order valence-corrected chi connectivity index (χ3v) is 4.00. The molecule has 0 spiro atoms. The van der Waals surface area contributed by atoms with Gasteiger partial charge < -0.3 is 10.1 Å². The standard InChI is InChI=1S/C13H10ClF3N2O2S/c1-6-3-8(9(21-2)4-7(6)14)19-12(20)10-11(13(15,16)17)18-5-22-10/h3-5H,1-2H3,(H,19,20). The second-order valence-electron chi connectivity index (χ2n) is 4.28. The normalized spacial score (nSPS) is 11.4. The van der Waals surface area contributed by atoms with Crippen LogP contribution in [0.15, 0.2) is 17.6 Å². The molecule has 2 aromatic rings. The zero-order valence-corrected chi connectivity index (χ0v) is 13.0. The molecule has 118 valence electrons. The first kappa shape index (κ1) is 16.6. The van der Waals surface area contributed by atoms with Crippen LogP contribution in [0.5, 0.6) is 5.75 Å². The Morgan fingerprint density at radius 3 is 2.68 bits per heavy atom. The Morgan fingerprint density at radius 1 is 1.41 bits per heavy atom. The molecule has 0 aliphatic rings. The zero-order chi connectivity index (χ0) is 16.5. The number of alkyl halides is 3. The van der Waals surface area contributed by atoms with Crippen molar-refractivity contribution in [3.63, 3.8) is 0 Å². The first-order valence-electron chi connectivity index (χ1n) is 5.90. The third-order valence-electron chi connectivity index (χ3n) is 2.77. The van der Waals surface area contributed by atoms with Crippen LogP contribution in [0.3, 0.4) is 0 Å². The van der Waals surface area contributed by atoms with Crippen LogP contribution in [0, 0.1) is 6.92 Å².